The Morgan fingerprint density at radius 1 is 1.07 bits per heavy atom. The number of hydrogen-bond donors (Lipinski definition) is 2. The van der Waals surface area contributed by atoms with E-state index in [4.69, 9.17) is 4.74 Å². The first-order valence-corrected chi connectivity index (χ1v) is 9.74. The fourth-order valence-corrected chi connectivity index (χ4v) is 3.46. The van der Waals surface area contributed by atoms with Gasteiger partial charge in [0.15, 0.2) is 0 Å². The van der Waals surface area contributed by atoms with Crippen molar-refractivity contribution in [3.8, 4) is 16.3 Å². The monoisotopic (exact) mass is 395 g/mol. The van der Waals surface area contributed by atoms with Gasteiger partial charge in [-0.15, -0.1) is 11.3 Å². The summed E-state index contributed by atoms with van der Waals surface area (Å²) in [6.45, 7) is 2.10. The zero-order valence-corrected chi connectivity index (χ0v) is 16.5. The minimum absolute atomic E-state index is 0.0936. The summed E-state index contributed by atoms with van der Waals surface area (Å²) in [7, 11) is 1.55. The third-order valence-electron chi connectivity index (χ3n) is 4.20. The first-order valence-electron chi connectivity index (χ1n) is 8.86. The average Bonchev–Trinajstić information content (AvgIpc) is 3.23. The number of aryl methyl sites for hydroxylation is 1. The van der Waals surface area contributed by atoms with Gasteiger partial charge in [0.2, 0.25) is 5.91 Å². The molecule has 0 saturated heterocycles. The fourth-order valence-electron chi connectivity index (χ4n) is 2.65. The number of nitrogens with zero attached hydrogens (tertiary/aromatic N) is 1. The molecule has 3 rings (SSSR count). The largest absolute Gasteiger partial charge is 0.496 e. The molecule has 0 fully saturated rings. The van der Waals surface area contributed by atoms with Crippen molar-refractivity contribution in [2.24, 2.45) is 0 Å². The number of amides is 2. The predicted octanol–water partition coefficient (Wildman–Crippen LogP) is 3.38. The van der Waals surface area contributed by atoms with Gasteiger partial charge in [-0.3, -0.25) is 20.4 Å². The van der Waals surface area contributed by atoms with Crippen molar-refractivity contribution in [1.82, 2.24) is 15.8 Å². The minimum atomic E-state index is -0.457. The van der Waals surface area contributed by atoms with Gasteiger partial charge in [0.05, 0.1) is 13.5 Å². The van der Waals surface area contributed by atoms with Gasteiger partial charge in [0, 0.05) is 16.5 Å². The van der Waals surface area contributed by atoms with Gasteiger partial charge < -0.3 is 4.74 Å². The Morgan fingerprint density at radius 2 is 1.82 bits per heavy atom. The van der Waals surface area contributed by atoms with E-state index in [-0.39, 0.29) is 18.0 Å². The van der Waals surface area contributed by atoms with E-state index in [0.29, 0.717) is 5.75 Å². The molecule has 1 heterocycles. The predicted molar refractivity (Wildman–Crippen MR) is 109 cm³/mol. The molecule has 0 bridgehead atoms. The number of carbonyl (C=O) groups excluding carboxylic acids is 2. The highest BCUT2D eigenvalue weighted by Crippen LogP contribution is 2.24. The summed E-state index contributed by atoms with van der Waals surface area (Å²) in [5.74, 6) is -0.174. The highest BCUT2D eigenvalue weighted by Gasteiger charge is 2.14. The summed E-state index contributed by atoms with van der Waals surface area (Å²) in [6.07, 6.45) is 1.07. The van der Waals surface area contributed by atoms with Crippen molar-refractivity contribution in [2.75, 3.05) is 7.11 Å². The van der Waals surface area contributed by atoms with Crippen LogP contribution in [0.5, 0.6) is 5.75 Å². The smallest absolute Gasteiger partial charge is 0.289 e. The second-order valence-corrected chi connectivity index (χ2v) is 6.94. The number of carbonyl (C=O) groups is 2. The molecule has 0 radical (unpaired) electrons. The molecule has 2 aromatic carbocycles. The second-order valence-electron chi connectivity index (χ2n) is 6.08. The highest BCUT2D eigenvalue weighted by atomic mass is 32.1. The maximum Gasteiger partial charge on any atom is 0.289 e. The minimum Gasteiger partial charge on any atom is -0.496 e. The van der Waals surface area contributed by atoms with Crippen molar-refractivity contribution in [2.45, 2.75) is 19.8 Å². The second kappa shape index (κ2) is 9.14. The molecular weight excluding hydrogens is 374 g/mol. The number of para-hydroxylation sites is 1. The zero-order valence-electron chi connectivity index (χ0n) is 15.7. The van der Waals surface area contributed by atoms with Gasteiger partial charge in [-0.25, -0.2) is 4.98 Å². The van der Waals surface area contributed by atoms with E-state index in [9.17, 15) is 9.59 Å². The van der Waals surface area contributed by atoms with Gasteiger partial charge >= 0.3 is 0 Å². The van der Waals surface area contributed by atoms with Crippen molar-refractivity contribution in [1.29, 1.82) is 0 Å². The lowest BCUT2D eigenvalue weighted by Gasteiger charge is -2.09. The third-order valence-corrected chi connectivity index (χ3v) is 5.10. The first kappa shape index (κ1) is 19.6. The lowest BCUT2D eigenvalue weighted by molar-refractivity contribution is -0.121. The van der Waals surface area contributed by atoms with E-state index in [1.165, 1.54) is 16.9 Å². The molecule has 3 aromatic rings. The van der Waals surface area contributed by atoms with Crippen molar-refractivity contribution >= 4 is 23.2 Å². The van der Waals surface area contributed by atoms with Crippen LogP contribution >= 0.6 is 11.3 Å². The van der Waals surface area contributed by atoms with Crippen LogP contribution in [0.1, 0.15) is 28.5 Å². The summed E-state index contributed by atoms with van der Waals surface area (Å²) < 4.78 is 5.22. The van der Waals surface area contributed by atoms with Crippen molar-refractivity contribution in [3.05, 3.63) is 70.7 Å². The van der Waals surface area contributed by atoms with Crippen molar-refractivity contribution < 1.29 is 14.3 Å². The summed E-state index contributed by atoms with van der Waals surface area (Å²) in [5.41, 5.74) is 8.03. The van der Waals surface area contributed by atoms with E-state index >= 15 is 0 Å². The van der Waals surface area contributed by atoms with Crippen LogP contribution < -0.4 is 15.6 Å². The topological polar surface area (TPSA) is 80.3 Å². The van der Waals surface area contributed by atoms with Crippen LogP contribution in [-0.2, 0) is 17.6 Å². The molecule has 2 amide bonds. The van der Waals surface area contributed by atoms with E-state index in [0.717, 1.165) is 22.6 Å². The molecule has 0 aliphatic carbocycles. The van der Waals surface area contributed by atoms with E-state index < -0.39 is 5.91 Å². The van der Waals surface area contributed by atoms with Crippen LogP contribution in [0.25, 0.3) is 10.6 Å². The number of aromatic nitrogens is 1. The molecule has 2 N–H and O–H groups in total. The summed E-state index contributed by atoms with van der Waals surface area (Å²) in [4.78, 5) is 28.7. The van der Waals surface area contributed by atoms with E-state index in [1.54, 1.807) is 24.6 Å². The van der Waals surface area contributed by atoms with E-state index in [2.05, 4.69) is 34.9 Å². The molecule has 0 atom stereocenters. The number of methoxy groups -OCH3 is 1. The van der Waals surface area contributed by atoms with Crippen LogP contribution in [0.4, 0.5) is 0 Å². The standard InChI is InChI=1S/C21H21N3O3S/c1-3-14-8-10-15(11-9-14)21-22-17(13-28-21)20(26)24-23-19(25)12-16-6-4-5-7-18(16)27-2/h4-11,13H,3,12H2,1-2H3,(H,23,25)(H,24,26). The van der Waals surface area contributed by atoms with Gasteiger partial charge in [0.25, 0.3) is 5.91 Å². The number of thiazole rings is 1. The van der Waals surface area contributed by atoms with Crippen LogP contribution in [0.15, 0.2) is 53.9 Å². The average molecular weight is 395 g/mol. The molecular formula is C21H21N3O3S. The number of benzene rings is 2. The number of hydrazine groups is 1. The summed E-state index contributed by atoms with van der Waals surface area (Å²) in [6, 6.07) is 15.3. The zero-order chi connectivity index (χ0) is 19.9. The Labute approximate surface area is 167 Å². The van der Waals surface area contributed by atoms with Crippen LogP contribution in [0, 0.1) is 0 Å². The normalized spacial score (nSPS) is 10.4. The number of ether oxygens (including phenoxy) is 1. The van der Waals surface area contributed by atoms with Crippen LogP contribution in [-0.4, -0.2) is 23.9 Å². The summed E-state index contributed by atoms with van der Waals surface area (Å²) >= 11 is 1.39. The molecule has 144 valence electrons. The van der Waals surface area contributed by atoms with E-state index in [1.807, 2.05) is 24.3 Å². The lowest BCUT2D eigenvalue weighted by atomic mass is 10.1. The van der Waals surface area contributed by atoms with Gasteiger partial charge in [-0.2, -0.15) is 0 Å². The molecule has 28 heavy (non-hydrogen) atoms. The highest BCUT2D eigenvalue weighted by molar-refractivity contribution is 7.13. The Balaban J connectivity index is 1.57. The molecule has 0 unspecified atom stereocenters. The Morgan fingerprint density at radius 3 is 2.54 bits per heavy atom. The summed E-state index contributed by atoms with van der Waals surface area (Å²) in [5, 5.41) is 2.43. The fraction of sp³-hybridized carbons (Fsp3) is 0.190. The van der Waals surface area contributed by atoms with Crippen LogP contribution in [0.3, 0.4) is 0 Å². The lowest BCUT2D eigenvalue weighted by Crippen LogP contribution is -2.42. The number of rotatable bonds is 6. The maximum absolute atomic E-state index is 12.3. The molecule has 0 aliphatic heterocycles. The molecule has 0 spiro atoms. The van der Waals surface area contributed by atoms with Gasteiger partial charge in [-0.1, -0.05) is 49.4 Å². The molecule has 1 aromatic heterocycles. The van der Waals surface area contributed by atoms with Gasteiger partial charge in [0.1, 0.15) is 16.5 Å². The number of hydrogen-bond acceptors (Lipinski definition) is 5. The molecule has 0 aliphatic rings. The Hall–Kier alpha value is -3.19. The van der Waals surface area contributed by atoms with Gasteiger partial charge in [-0.05, 0) is 18.1 Å². The SMILES string of the molecule is CCc1ccc(-c2nc(C(=O)NNC(=O)Cc3ccccc3OC)cs2)cc1. The molecule has 7 heteroatoms. The Kier molecular flexibility index (Phi) is 6.39. The molecule has 6 nitrogen and oxygen atoms in total. The van der Waals surface area contributed by atoms with Crippen molar-refractivity contribution in [3.63, 3.8) is 0 Å². The first-order chi connectivity index (χ1) is 13.6. The maximum atomic E-state index is 12.3. The molecule has 0 saturated carbocycles. The van der Waals surface area contributed by atoms with Crippen LogP contribution in [0.2, 0.25) is 0 Å². The quantitative estimate of drug-likeness (QED) is 0.627. The third kappa shape index (κ3) is 4.75. The number of nitrogens with one attached hydrogen (secondary N) is 2. The Bertz CT molecular complexity index is 967.